The highest BCUT2D eigenvalue weighted by Crippen LogP contribution is 1.91. The number of hydrogen-bond donors (Lipinski definition) is 2. The van der Waals surface area contributed by atoms with E-state index in [-0.39, 0.29) is 24.2 Å². The predicted octanol–water partition coefficient (Wildman–Crippen LogP) is 0.661. The number of hydrogen-bond acceptors (Lipinski definition) is 3. The molecule has 2 N–H and O–H groups in total. The van der Waals surface area contributed by atoms with Crippen LogP contribution in [0, 0.1) is 5.92 Å². The van der Waals surface area contributed by atoms with Gasteiger partial charge in [-0.05, 0) is 13.8 Å². The molecule has 5 heteroatoms. The summed E-state index contributed by atoms with van der Waals surface area (Å²) in [4.78, 5) is 22.3. The molecular weight excluding hydrogens is 194 g/mol. The van der Waals surface area contributed by atoms with Gasteiger partial charge in [-0.25, -0.2) is 5.43 Å². The molecule has 0 spiro atoms. The minimum absolute atomic E-state index is 0.0856. The molecule has 15 heavy (non-hydrogen) atoms. The number of amides is 2. The molecule has 0 aliphatic carbocycles. The smallest absolute Gasteiger partial charge is 0.242 e. The minimum Gasteiger partial charge on any atom is -0.356 e. The number of carbonyl (C=O) groups excluding carboxylic acids is 2. The molecule has 5 nitrogen and oxygen atoms in total. The van der Waals surface area contributed by atoms with E-state index in [9.17, 15) is 9.59 Å². The molecule has 86 valence electrons. The lowest BCUT2D eigenvalue weighted by Gasteiger charge is -2.04. The average molecular weight is 213 g/mol. The molecule has 0 rings (SSSR count). The van der Waals surface area contributed by atoms with Crippen LogP contribution in [0.3, 0.4) is 0 Å². The Morgan fingerprint density at radius 3 is 2.40 bits per heavy atom. The van der Waals surface area contributed by atoms with Gasteiger partial charge in [0.2, 0.25) is 11.8 Å². The zero-order valence-corrected chi connectivity index (χ0v) is 9.76. The van der Waals surface area contributed by atoms with E-state index in [0.29, 0.717) is 12.3 Å². The monoisotopic (exact) mass is 213 g/mol. The average Bonchev–Trinajstić information content (AvgIpc) is 2.14. The Bertz CT molecular complexity index is 259. The van der Waals surface area contributed by atoms with E-state index >= 15 is 0 Å². The lowest BCUT2D eigenvalue weighted by atomic mass is 10.2. The lowest BCUT2D eigenvalue weighted by molar-refractivity contribution is -0.124. The molecule has 0 aromatic heterocycles. The highest BCUT2D eigenvalue weighted by molar-refractivity contribution is 6.00. The SMILES string of the molecule is CCNC(=O)C/C(C)=N/NC(=O)C(C)C. The standard InChI is InChI=1S/C10H19N3O2/c1-5-11-9(14)6-8(4)12-13-10(15)7(2)3/h7H,5-6H2,1-4H3,(H,11,14)(H,13,15)/b12-8+. The van der Waals surface area contributed by atoms with Crippen LogP contribution in [0.25, 0.3) is 0 Å². The third-order valence-corrected chi connectivity index (χ3v) is 1.67. The largest absolute Gasteiger partial charge is 0.356 e. The zero-order chi connectivity index (χ0) is 11.8. The first-order chi connectivity index (χ1) is 6.97. The normalized spacial score (nSPS) is 11.4. The molecule has 0 unspecified atom stereocenters. The molecule has 0 aliphatic heterocycles. The van der Waals surface area contributed by atoms with Crippen LogP contribution in [0.5, 0.6) is 0 Å². The van der Waals surface area contributed by atoms with Crippen LogP contribution in [0.15, 0.2) is 5.10 Å². The van der Waals surface area contributed by atoms with Crippen molar-refractivity contribution in [1.82, 2.24) is 10.7 Å². The maximum absolute atomic E-state index is 11.1. The lowest BCUT2D eigenvalue weighted by Crippen LogP contribution is -2.27. The summed E-state index contributed by atoms with van der Waals surface area (Å²) < 4.78 is 0. The van der Waals surface area contributed by atoms with Gasteiger partial charge in [0.25, 0.3) is 0 Å². The summed E-state index contributed by atoms with van der Waals surface area (Å²) in [7, 11) is 0. The first-order valence-corrected chi connectivity index (χ1v) is 5.07. The molecule has 2 amide bonds. The van der Waals surface area contributed by atoms with E-state index in [0.717, 1.165) is 0 Å². The molecule has 0 bridgehead atoms. The fourth-order valence-corrected chi connectivity index (χ4v) is 0.811. The summed E-state index contributed by atoms with van der Waals surface area (Å²) in [6, 6.07) is 0. The number of hydrazone groups is 1. The Hall–Kier alpha value is -1.39. The van der Waals surface area contributed by atoms with Crippen molar-refractivity contribution in [3.05, 3.63) is 0 Å². The second kappa shape index (κ2) is 6.98. The summed E-state index contributed by atoms with van der Waals surface area (Å²) in [6.07, 6.45) is 0.214. The van der Waals surface area contributed by atoms with Gasteiger partial charge in [0.15, 0.2) is 0 Å². The number of rotatable bonds is 5. The summed E-state index contributed by atoms with van der Waals surface area (Å²) in [5, 5.41) is 6.48. The quantitative estimate of drug-likeness (QED) is 0.520. The first kappa shape index (κ1) is 13.6. The van der Waals surface area contributed by atoms with Gasteiger partial charge in [0.1, 0.15) is 0 Å². The van der Waals surface area contributed by atoms with E-state index in [1.165, 1.54) is 0 Å². The van der Waals surface area contributed by atoms with Gasteiger partial charge in [-0.2, -0.15) is 5.10 Å². The van der Waals surface area contributed by atoms with E-state index in [1.807, 2.05) is 6.92 Å². The van der Waals surface area contributed by atoms with Gasteiger partial charge >= 0.3 is 0 Å². The first-order valence-electron chi connectivity index (χ1n) is 5.07. The molecule has 0 saturated carbocycles. The molecule has 0 atom stereocenters. The van der Waals surface area contributed by atoms with Crippen molar-refractivity contribution in [2.45, 2.75) is 34.1 Å². The summed E-state index contributed by atoms with van der Waals surface area (Å²) >= 11 is 0. The Labute approximate surface area is 90.3 Å². The van der Waals surface area contributed by atoms with Crippen molar-refractivity contribution in [1.29, 1.82) is 0 Å². The van der Waals surface area contributed by atoms with Crippen molar-refractivity contribution in [2.75, 3.05) is 6.54 Å². The van der Waals surface area contributed by atoms with Crippen LogP contribution < -0.4 is 10.7 Å². The van der Waals surface area contributed by atoms with Crippen molar-refractivity contribution in [2.24, 2.45) is 11.0 Å². The Balaban J connectivity index is 3.99. The molecule has 0 aromatic rings. The number of nitrogens with one attached hydrogen (secondary N) is 2. The van der Waals surface area contributed by atoms with Gasteiger partial charge in [0, 0.05) is 18.2 Å². The Kier molecular flexibility index (Phi) is 6.33. The van der Waals surface area contributed by atoms with Gasteiger partial charge in [-0.1, -0.05) is 13.8 Å². The fourth-order valence-electron chi connectivity index (χ4n) is 0.811. The van der Waals surface area contributed by atoms with E-state index in [2.05, 4.69) is 15.8 Å². The van der Waals surface area contributed by atoms with Crippen molar-refractivity contribution >= 4 is 17.5 Å². The maximum atomic E-state index is 11.1. The van der Waals surface area contributed by atoms with Crippen molar-refractivity contribution < 1.29 is 9.59 Å². The van der Waals surface area contributed by atoms with Gasteiger partial charge < -0.3 is 5.32 Å². The minimum atomic E-state index is -0.148. The second-order valence-electron chi connectivity index (χ2n) is 3.61. The molecule has 0 heterocycles. The highest BCUT2D eigenvalue weighted by atomic mass is 16.2. The number of nitrogens with zero attached hydrogens (tertiary/aromatic N) is 1. The number of carbonyl (C=O) groups is 2. The maximum Gasteiger partial charge on any atom is 0.242 e. The van der Waals surface area contributed by atoms with Gasteiger partial charge in [-0.15, -0.1) is 0 Å². The van der Waals surface area contributed by atoms with Crippen LogP contribution in [0.4, 0.5) is 0 Å². The van der Waals surface area contributed by atoms with Crippen LogP contribution in [0.1, 0.15) is 34.1 Å². The molecule has 0 fully saturated rings. The summed E-state index contributed by atoms with van der Waals surface area (Å²) in [6.45, 7) is 7.72. The van der Waals surface area contributed by atoms with E-state index in [4.69, 9.17) is 0 Å². The molecular formula is C10H19N3O2. The predicted molar refractivity (Wildman–Crippen MR) is 59.4 cm³/mol. The van der Waals surface area contributed by atoms with Gasteiger partial charge in [-0.3, -0.25) is 9.59 Å². The van der Waals surface area contributed by atoms with Crippen molar-refractivity contribution in [3.8, 4) is 0 Å². The Morgan fingerprint density at radius 2 is 1.93 bits per heavy atom. The van der Waals surface area contributed by atoms with Crippen LogP contribution in [-0.2, 0) is 9.59 Å². The highest BCUT2D eigenvalue weighted by Gasteiger charge is 2.06. The van der Waals surface area contributed by atoms with Crippen LogP contribution in [-0.4, -0.2) is 24.1 Å². The third-order valence-electron chi connectivity index (χ3n) is 1.67. The summed E-state index contributed by atoms with van der Waals surface area (Å²) in [5.74, 6) is -0.339. The topological polar surface area (TPSA) is 70.6 Å². The summed E-state index contributed by atoms with van der Waals surface area (Å²) in [5.41, 5.74) is 2.99. The molecule has 0 saturated heterocycles. The van der Waals surface area contributed by atoms with E-state index < -0.39 is 0 Å². The van der Waals surface area contributed by atoms with Crippen LogP contribution >= 0.6 is 0 Å². The fraction of sp³-hybridized carbons (Fsp3) is 0.700. The molecule has 0 aliphatic rings. The third kappa shape index (κ3) is 6.65. The Morgan fingerprint density at radius 1 is 1.33 bits per heavy atom. The van der Waals surface area contributed by atoms with Gasteiger partial charge in [0.05, 0.1) is 6.42 Å². The molecule has 0 aromatic carbocycles. The van der Waals surface area contributed by atoms with E-state index in [1.54, 1.807) is 20.8 Å². The second-order valence-corrected chi connectivity index (χ2v) is 3.61. The van der Waals surface area contributed by atoms with Crippen molar-refractivity contribution in [3.63, 3.8) is 0 Å². The van der Waals surface area contributed by atoms with Crippen LogP contribution in [0.2, 0.25) is 0 Å². The molecule has 0 radical (unpaired) electrons. The zero-order valence-electron chi connectivity index (χ0n) is 9.76.